The minimum absolute atomic E-state index is 0.335. The maximum atomic E-state index is 10.6. The molecular formula is C13H24O2. The molecule has 2 rings (SSSR count). The topological polar surface area (TPSA) is 29.5 Å². The van der Waals surface area contributed by atoms with Gasteiger partial charge in [-0.05, 0) is 38.0 Å². The van der Waals surface area contributed by atoms with Gasteiger partial charge in [-0.2, -0.15) is 0 Å². The van der Waals surface area contributed by atoms with Crippen LogP contribution in [0.1, 0.15) is 57.8 Å². The second-order valence-electron chi connectivity index (χ2n) is 5.40. The number of rotatable bonds is 2. The quantitative estimate of drug-likeness (QED) is 0.713. The molecule has 1 heterocycles. The van der Waals surface area contributed by atoms with Crippen molar-refractivity contribution in [3.63, 3.8) is 0 Å². The Kier molecular flexibility index (Phi) is 4.04. The van der Waals surface area contributed by atoms with Crippen LogP contribution in [-0.2, 0) is 4.74 Å². The van der Waals surface area contributed by atoms with Crippen LogP contribution in [0.3, 0.4) is 0 Å². The van der Waals surface area contributed by atoms with Gasteiger partial charge in [-0.25, -0.2) is 0 Å². The highest BCUT2D eigenvalue weighted by Gasteiger charge is 2.31. The van der Waals surface area contributed by atoms with E-state index in [1.165, 1.54) is 25.7 Å². The van der Waals surface area contributed by atoms with Gasteiger partial charge in [0.25, 0.3) is 0 Å². The van der Waals surface area contributed by atoms with E-state index in [9.17, 15) is 5.11 Å². The van der Waals surface area contributed by atoms with Crippen molar-refractivity contribution in [3.05, 3.63) is 0 Å². The molecule has 1 aliphatic carbocycles. The Bertz CT molecular complexity index is 177. The summed E-state index contributed by atoms with van der Waals surface area (Å²) in [6.45, 7) is 1.81. The van der Waals surface area contributed by atoms with E-state index in [0.717, 1.165) is 45.3 Å². The van der Waals surface area contributed by atoms with Crippen molar-refractivity contribution < 1.29 is 9.84 Å². The van der Waals surface area contributed by atoms with Gasteiger partial charge < -0.3 is 9.84 Å². The Hall–Kier alpha value is -0.0800. The van der Waals surface area contributed by atoms with Crippen LogP contribution < -0.4 is 0 Å². The third-order valence-corrected chi connectivity index (χ3v) is 4.04. The first kappa shape index (κ1) is 11.4. The summed E-state index contributed by atoms with van der Waals surface area (Å²) < 4.78 is 5.36. The molecule has 0 radical (unpaired) electrons. The van der Waals surface area contributed by atoms with E-state index in [-0.39, 0.29) is 5.60 Å². The SMILES string of the molecule is OC1(CC2CCOCC2)CCCCCC1. The zero-order valence-electron chi connectivity index (χ0n) is 9.71. The van der Waals surface area contributed by atoms with E-state index < -0.39 is 0 Å². The average Bonchev–Trinajstić information content (AvgIpc) is 2.45. The van der Waals surface area contributed by atoms with Crippen LogP contribution in [0.4, 0.5) is 0 Å². The standard InChI is InChI=1S/C13H24O2/c14-13(7-3-1-2-4-8-13)11-12-5-9-15-10-6-12/h12,14H,1-11H2. The maximum absolute atomic E-state index is 10.6. The first-order chi connectivity index (χ1) is 7.29. The first-order valence-electron chi connectivity index (χ1n) is 6.59. The van der Waals surface area contributed by atoms with E-state index in [1.807, 2.05) is 0 Å². The molecule has 2 heteroatoms. The Labute approximate surface area is 93.0 Å². The summed E-state index contributed by atoms with van der Waals surface area (Å²) >= 11 is 0. The van der Waals surface area contributed by atoms with Gasteiger partial charge >= 0.3 is 0 Å². The molecule has 0 amide bonds. The summed E-state index contributed by atoms with van der Waals surface area (Å²) in [5, 5.41) is 10.6. The van der Waals surface area contributed by atoms with Gasteiger partial charge in [-0.3, -0.25) is 0 Å². The van der Waals surface area contributed by atoms with Crippen LogP contribution in [-0.4, -0.2) is 23.9 Å². The molecule has 2 nitrogen and oxygen atoms in total. The largest absolute Gasteiger partial charge is 0.390 e. The summed E-state index contributed by atoms with van der Waals surface area (Å²) in [6, 6.07) is 0. The zero-order chi connectivity index (χ0) is 10.6. The molecule has 0 spiro atoms. The van der Waals surface area contributed by atoms with Crippen LogP contribution in [0.15, 0.2) is 0 Å². The molecule has 1 saturated heterocycles. The minimum atomic E-state index is -0.335. The highest BCUT2D eigenvalue weighted by molar-refractivity contribution is 4.84. The lowest BCUT2D eigenvalue weighted by molar-refractivity contribution is -0.0218. The van der Waals surface area contributed by atoms with Gasteiger partial charge in [0.05, 0.1) is 5.60 Å². The van der Waals surface area contributed by atoms with E-state index in [4.69, 9.17) is 4.74 Å². The third-order valence-electron chi connectivity index (χ3n) is 4.04. The van der Waals surface area contributed by atoms with E-state index in [0.29, 0.717) is 5.92 Å². The molecule has 2 fully saturated rings. The fraction of sp³-hybridized carbons (Fsp3) is 1.00. The van der Waals surface area contributed by atoms with E-state index in [1.54, 1.807) is 0 Å². The Balaban J connectivity index is 1.83. The van der Waals surface area contributed by atoms with Gasteiger partial charge in [0, 0.05) is 13.2 Å². The van der Waals surface area contributed by atoms with Gasteiger partial charge in [0.2, 0.25) is 0 Å². The predicted molar refractivity (Wildman–Crippen MR) is 60.8 cm³/mol. The molecule has 0 atom stereocenters. The van der Waals surface area contributed by atoms with E-state index in [2.05, 4.69) is 0 Å². The van der Waals surface area contributed by atoms with Gasteiger partial charge in [-0.1, -0.05) is 25.7 Å². The van der Waals surface area contributed by atoms with Crippen molar-refractivity contribution in [2.24, 2.45) is 5.92 Å². The van der Waals surface area contributed by atoms with Crippen molar-refractivity contribution >= 4 is 0 Å². The third kappa shape index (κ3) is 3.46. The van der Waals surface area contributed by atoms with Gasteiger partial charge in [0.1, 0.15) is 0 Å². The molecule has 1 aliphatic heterocycles. The molecule has 1 saturated carbocycles. The number of aliphatic hydroxyl groups is 1. The Morgan fingerprint density at radius 1 is 1.00 bits per heavy atom. The van der Waals surface area contributed by atoms with Crippen LogP contribution >= 0.6 is 0 Å². The van der Waals surface area contributed by atoms with Crippen molar-refractivity contribution in [1.29, 1.82) is 0 Å². The molecule has 0 bridgehead atoms. The second kappa shape index (κ2) is 5.31. The summed E-state index contributed by atoms with van der Waals surface area (Å²) in [5.74, 6) is 0.710. The Morgan fingerprint density at radius 3 is 2.20 bits per heavy atom. The molecule has 0 aromatic carbocycles. The van der Waals surface area contributed by atoms with Crippen molar-refractivity contribution in [2.75, 3.05) is 13.2 Å². The summed E-state index contributed by atoms with van der Waals surface area (Å²) in [4.78, 5) is 0. The van der Waals surface area contributed by atoms with Crippen molar-refractivity contribution in [1.82, 2.24) is 0 Å². The molecule has 15 heavy (non-hydrogen) atoms. The summed E-state index contributed by atoms with van der Waals surface area (Å²) in [6.07, 6.45) is 10.5. The van der Waals surface area contributed by atoms with Gasteiger partial charge in [0.15, 0.2) is 0 Å². The Morgan fingerprint density at radius 2 is 1.60 bits per heavy atom. The lowest BCUT2D eigenvalue weighted by atomic mass is 9.81. The highest BCUT2D eigenvalue weighted by Crippen LogP contribution is 2.35. The molecule has 1 N–H and O–H groups in total. The molecule has 2 aliphatic rings. The maximum Gasteiger partial charge on any atom is 0.0650 e. The zero-order valence-corrected chi connectivity index (χ0v) is 9.71. The first-order valence-corrected chi connectivity index (χ1v) is 6.59. The molecule has 0 aromatic heterocycles. The molecule has 88 valence electrons. The fourth-order valence-corrected chi connectivity index (χ4v) is 3.08. The average molecular weight is 212 g/mol. The van der Waals surface area contributed by atoms with Crippen molar-refractivity contribution in [2.45, 2.75) is 63.4 Å². The fourth-order valence-electron chi connectivity index (χ4n) is 3.08. The van der Waals surface area contributed by atoms with Crippen LogP contribution in [0.25, 0.3) is 0 Å². The molecule has 0 unspecified atom stereocenters. The highest BCUT2D eigenvalue weighted by atomic mass is 16.5. The lowest BCUT2D eigenvalue weighted by Crippen LogP contribution is -2.32. The summed E-state index contributed by atoms with van der Waals surface area (Å²) in [7, 11) is 0. The minimum Gasteiger partial charge on any atom is -0.390 e. The van der Waals surface area contributed by atoms with Crippen LogP contribution in [0, 0.1) is 5.92 Å². The number of hydrogen-bond donors (Lipinski definition) is 1. The smallest absolute Gasteiger partial charge is 0.0650 e. The summed E-state index contributed by atoms with van der Waals surface area (Å²) in [5.41, 5.74) is -0.335. The lowest BCUT2D eigenvalue weighted by Gasteiger charge is -2.33. The monoisotopic (exact) mass is 212 g/mol. The van der Waals surface area contributed by atoms with Crippen LogP contribution in [0.5, 0.6) is 0 Å². The van der Waals surface area contributed by atoms with Gasteiger partial charge in [-0.15, -0.1) is 0 Å². The number of ether oxygens (including phenoxy) is 1. The normalized spacial score (nSPS) is 28.6. The predicted octanol–water partition coefficient (Wildman–Crippen LogP) is 2.89. The second-order valence-corrected chi connectivity index (χ2v) is 5.40. The number of hydrogen-bond acceptors (Lipinski definition) is 2. The molecule has 0 aromatic rings. The van der Waals surface area contributed by atoms with E-state index >= 15 is 0 Å². The molecular weight excluding hydrogens is 188 g/mol. The van der Waals surface area contributed by atoms with Crippen molar-refractivity contribution in [3.8, 4) is 0 Å². The van der Waals surface area contributed by atoms with Crippen LogP contribution in [0.2, 0.25) is 0 Å².